The monoisotopic (exact) mass is 416 g/mol. The van der Waals surface area contributed by atoms with Gasteiger partial charge in [-0.2, -0.15) is 0 Å². The average Bonchev–Trinajstić information content (AvgIpc) is 3.06. The Morgan fingerprint density at radius 3 is 2.79 bits per heavy atom. The Balaban J connectivity index is 2.14. The molecule has 1 aromatic carbocycles. The molecule has 0 aliphatic carbocycles. The molecule has 24 heavy (non-hydrogen) atoms. The summed E-state index contributed by atoms with van der Waals surface area (Å²) in [4.78, 5) is 12.3. The number of carbonyl (C=O) groups excluding carboxylic acids is 1. The second-order valence-electron chi connectivity index (χ2n) is 4.79. The third kappa shape index (κ3) is 4.91. The van der Waals surface area contributed by atoms with E-state index in [9.17, 15) is 13.2 Å². The lowest BCUT2D eigenvalue weighted by atomic mass is 10.2. The second-order valence-corrected chi connectivity index (χ2v) is 7.42. The minimum Gasteiger partial charge on any atom is -0.467 e. The van der Waals surface area contributed by atoms with E-state index >= 15 is 0 Å². The highest BCUT2D eigenvalue weighted by molar-refractivity contribution is 9.10. The van der Waals surface area contributed by atoms with E-state index in [1.807, 2.05) is 0 Å². The number of benzene rings is 1. The van der Waals surface area contributed by atoms with Gasteiger partial charge >= 0.3 is 0 Å². The summed E-state index contributed by atoms with van der Waals surface area (Å²) in [6, 6.07) is 7.71. The van der Waals surface area contributed by atoms with Crippen LogP contribution in [0.15, 0.2) is 50.4 Å². The van der Waals surface area contributed by atoms with Crippen LogP contribution in [0, 0.1) is 0 Å². The molecule has 0 unspecified atom stereocenters. The van der Waals surface area contributed by atoms with Crippen molar-refractivity contribution in [1.29, 1.82) is 0 Å². The van der Waals surface area contributed by atoms with Crippen molar-refractivity contribution in [2.45, 2.75) is 11.4 Å². The lowest BCUT2D eigenvalue weighted by molar-refractivity contribution is 0.0947. The molecule has 0 aliphatic heterocycles. The highest BCUT2D eigenvalue weighted by Gasteiger charge is 2.18. The largest absolute Gasteiger partial charge is 0.467 e. The lowest BCUT2D eigenvalue weighted by Crippen LogP contribution is -2.28. The van der Waals surface area contributed by atoms with E-state index in [4.69, 9.17) is 9.15 Å². The molecule has 9 heteroatoms. The molecule has 0 spiro atoms. The third-order valence-electron chi connectivity index (χ3n) is 3.09. The minimum absolute atomic E-state index is 0.00458. The average molecular weight is 417 g/mol. The lowest BCUT2D eigenvalue weighted by Gasteiger charge is -2.10. The van der Waals surface area contributed by atoms with Crippen molar-refractivity contribution >= 4 is 31.9 Å². The normalized spacial score (nSPS) is 11.4. The van der Waals surface area contributed by atoms with Crippen LogP contribution >= 0.6 is 15.9 Å². The quantitative estimate of drug-likeness (QED) is 0.640. The number of nitrogens with one attached hydrogen (secondary N) is 2. The predicted molar refractivity (Wildman–Crippen MR) is 91.1 cm³/mol. The number of halogens is 1. The van der Waals surface area contributed by atoms with Gasteiger partial charge in [0.2, 0.25) is 10.0 Å². The maximum absolute atomic E-state index is 12.3. The van der Waals surface area contributed by atoms with E-state index in [1.54, 1.807) is 12.1 Å². The maximum atomic E-state index is 12.3. The molecule has 0 radical (unpaired) electrons. The van der Waals surface area contributed by atoms with E-state index in [2.05, 4.69) is 26.0 Å². The maximum Gasteiger partial charge on any atom is 0.252 e. The fourth-order valence-electron chi connectivity index (χ4n) is 1.88. The zero-order valence-electron chi connectivity index (χ0n) is 12.9. The van der Waals surface area contributed by atoms with E-state index in [0.29, 0.717) is 10.2 Å². The van der Waals surface area contributed by atoms with Gasteiger partial charge in [0.25, 0.3) is 5.91 Å². The van der Waals surface area contributed by atoms with Crippen LogP contribution in [0.5, 0.6) is 0 Å². The van der Waals surface area contributed by atoms with Gasteiger partial charge in [0, 0.05) is 18.1 Å². The summed E-state index contributed by atoms with van der Waals surface area (Å²) in [6.07, 6.45) is 1.51. The number of furan rings is 1. The van der Waals surface area contributed by atoms with E-state index < -0.39 is 15.9 Å². The second kappa shape index (κ2) is 8.43. The van der Waals surface area contributed by atoms with Crippen molar-refractivity contribution in [2.75, 3.05) is 20.3 Å². The molecule has 1 amide bonds. The van der Waals surface area contributed by atoms with Gasteiger partial charge in [0.15, 0.2) is 0 Å². The molecular formula is C15H17BrN2O5S. The van der Waals surface area contributed by atoms with Gasteiger partial charge in [-0.1, -0.05) is 0 Å². The summed E-state index contributed by atoms with van der Waals surface area (Å²) in [5, 5.41) is 2.68. The van der Waals surface area contributed by atoms with Crippen LogP contribution in [0.2, 0.25) is 0 Å². The molecule has 0 atom stereocenters. The molecule has 0 saturated carbocycles. The first kappa shape index (κ1) is 18.7. The highest BCUT2D eigenvalue weighted by atomic mass is 79.9. The number of methoxy groups -OCH3 is 1. The first-order chi connectivity index (χ1) is 11.4. The van der Waals surface area contributed by atoms with Crippen molar-refractivity contribution in [1.82, 2.24) is 10.0 Å². The number of hydrogen-bond acceptors (Lipinski definition) is 5. The first-order valence-corrected chi connectivity index (χ1v) is 9.30. The third-order valence-corrected chi connectivity index (χ3v) is 5.24. The Bertz CT molecular complexity index is 790. The van der Waals surface area contributed by atoms with Crippen LogP contribution in [0.4, 0.5) is 0 Å². The molecule has 2 N–H and O–H groups in total. The Labute approximate surface area is 148 Å². The molecule has 0 bridgehead atoms. The van der Waals surface area contributed by atoms with Crippen LogP contribution in [0.1, 0.15) is 16.1 Å². The zero-order chi connectivity index (χ0) is 17.6. The van der Waals surface area contributed by atoms with Crippen LogP contribution in [0.25, 0.3) is 0 Å². The molecule has 0 fully saturated rings. The number of amides is 1. The van der Waals surface area contributed by atoms with Crippen molar-refractivity contribution < 1.29 is 22.4 Å². The summed E-state index contributed by atoms with van der Waals surface area (Å²) >= 11 is 3.26. The van der Waals surface area contributed by atoms with E-state index in [0.717, 1.165) is 0 Å². The van der Waals surface area contributed by atoms with Gasteiger partial charge in [-0.15, -0.1) is 0 Å². The molecule has 130 valence electrons. The summed E-state index contributed by atoms with van der Waals surface area (Å²) in [5.41, 5.74) is 0.219. The van der Waals surface area contributed by atoms with Crippen molar-refractivity contribution in [3.8, 4) is 0 Å². The first-order valence-electron chi connectivity index (χ1n) is 7.03. The number of carbonyl (C=O) groups is 1. The molecule has 7 nitrogen and oxygen atoms in total. The SMILES string of the molecule is COCCNS(=O)(=O)c1ccc(Br)c(C(=O)NCc2ccco2)c1. The number of ether oxygens (including phenoxy) is 1. The predicted octanol–water partition coefficient (Wildman–Crippen LogP) is 1.90. The summed E-state index contributed by atoms with van der Waals surface area (Å²) in [6.45, 7) is 0.614. The van der Waals surface area contributed by atoms with Gasteiger partial charge in [-0.25, -0.2) is 13.1 Å². The summed E-state index contributed by atoms with van der Waals surface area (Å²) in [5.74, 6) is 0.191. The van der Waals surface area contributed by atoms with Gasteiger partial charge in [0.05, 0.1) is 29.9 Å². The summed E-state index contributed by atoms with van der Waals surface area (Å²) < 4.78 is 37.3. The molecule has 2 aromatic rings. The molecule has 2 rings (SSSR count). The summed E-state index contributed by atoms with van der Waals surface area (Å²) in [7, 11) is -2.23. The molecule has 0 aliphatic rings. The Hall–Kier alpha value is -1.68. The molecule has 1 aromatic heterocycles. The van der Waals surface area contributed by atoms with Gasteiger partial charge in [0.1, 0.15) is 5.76 Å². The Morgan fingerprint density at radius 1 is 1.33 bits per heavy atom. The number of rotatable bonds is 8. The van der Waals surface area contributed by atoms with Crippen molar-refractivity contribution in [3.63, 3.8) is 0 Å². The van der Waals surface area contributed by atoms with E-state index in [1.165, 1.54) is 31.6 Å². The van der Waals surface area contributed by atoms with Crippen LogP contribution in [-0.4, -0.2) is 34.6 Å². The number of sulfonamides is 1. The van der Waals surface area contributed by atoms with Crippen LogP contribution < -0.4 is 10.0 Å². The van der Waals surface area contributed by atoms with Crippen molar-refractivity contribution in [3.05, 3.63) is 52.4 Å². The van der Waals surface area contributed by atoms with Crippen LogP contribution in [0.3, 0.4) is 0 Å². The fraction of sp³-hybridized carbons (Fsp3) is 0.267. The van der Waals surface area contributed by atoms with Gasteiger partial charge in [-0.3, -0.25) is 4.79 Å². The molecular weight excluding hydrogens is 400 g/mol. The number of hydrogen-bond donors (Lipinski definition) is 2. The Morgan fingerprint density at radius 2 is 2.12 bits per heavy atom. The Kier molecular flexibility index (Phi) is 6.55. The standard InChI is InChI=1S/C15H17BrN2O5S/c1-22-8-6-18-24(20,21)12-4-5-14(16)13(9-12)15(19)17-10-11-3-2-7-23-11/h2-5,7,9,18H,6,8,10H2,1H3,(H,17,19). The van der Waals surface area contributed by atoms with E-state index in [-0.39, 0.29) is 30.2 Å². The smallest absolute Gasteiger partial charge is 0.252 e. The highest BCUT2D eigenvalue weighted by Crippen LogP contribution is 2.21. The van der Waals surface area contributed by atoms with Gasteiger partial charge < -0.3 is 14.5 Å². The van der Waals surface area contributed by atoms with Crippen molar-refractivity contribution in [2.24, 2.45) is 0 Å². The van der Waals surface area contributed by atoms with Crippen LogP contribution in [-0.2, 0) is 21.3 Å². The minimum atomic E-state index is -3.71. The molecule has 1 heterocycles. The topological polar surface area (TPSA) is 97.6 Å². The fourth-order valence-corrected chi connectivity index (χ4v) is 3.35. The van der Waals surface area contributed by atoms with Gasteiger partial charge in [-0.05, 0) is 46.3 Å². The zero-order valence-corrected chi connectivity index (χ0v) is 15.3. The molecule has 0 saturated heterocycles.